The summed E-state index contributed by atoms with van der Waals surface area (Å²) in [5.74, 6) is 0.153. The van der Waals surface area contributed by atoms with E-state index in [0.29, 0.717) is 6.10 Å². The molecule has 2 aliphatic rings. The van der Waals surface area contributed by atoms with Crippen molar-refractivity contribution in [2.45, 2.75) is 63.5 Å². The number of hydrogen-bond acceptors (Lipinski definition) is 3. The van der Waals surface area contributed by atoms with Gasteiger partial charge < -0.3 is 0 Å². The Bertz CT molecular complexity index is 230. The first kappa shape index (κ1) is 10.9. The summed E-state index contributed by atoms with van der Waals surface area (Å²) >= 11 is 0. The fourth-order valence-electron chi connectivity index (χ4n) is 2.62. The third kappa shape index (κ3) is 2.93. The molecule has 0 saturated heterocycles. The average Bonchev–Trinajstić information content (AvgIpc) is 2.79. The summed E-state index contributed by atoms with van der Waals surface area (Å²) < 4.78 is 0. The van der Waals surface area contributed by atoms with E-state index in [1.807, 2.05) is 0 Å². The predicted octanol–water partition coefficient (Wildman–Crippen LogP) is 2.53. The molecule has 3 nitrogen and oxygen atoms in total. The van der Waals surface area contributed by atoms with Gasteiger partial charge in [0.1, 0.15) is 0 Å². The van der Waals surface area contributed by atoms with Gasteiger partial charge in [0.05, 0.1) is 18.1 Å². The van der Waals surface area contributed by atoms with Gasteiger partial charge >= 0.3 is 0 Å². The molecular formula is C12H20N2O. The molecule has 2 atom stereocenters. The fraction of sp³-hybridized carbons (Fsp3) is 0.917. The largest absolute Gasteiger partial charge is 0.298 e. The van der Waals surface area contributed by atoms with Crippen molar-refractivity contribution >= 4 is 0 Å². The van der Waals surface area contributed by atoms with Crippen LogP contribution >= 0.6 is 0 Å². The monoisotopic (exact) mass is 208 g/mol. The van der Waals surface area contributed by atoms with Crippen LogP contribution < -0.4 is 5.48 Å². The van der Waals surface area contributed by atoms with Gasteiger partial charge in [-0.25, -0.2) is 0 Å². The van der Waals surface area contributed by atoms with Crippen LogP contribution in [0.4, 0.5) is 0 Å². The lowest BCUT2D eigenvalue weighted by atomic mass is 9.86. The van der Waals surface area contributed by atoms with Crippen LogP contribution in [0.1, 0.15) is 51.4 Å². The molecule has 15 heavy (non-hydrogen) atoms. The Balaban J connectivity index is 1.74. The third-order valence-electron chi connectivity index (χ3n) is 3.62. The average molecular weight is 208 g/mol. The zero-order valence-corrected chi connectivity index (χ0v) is 9.24. The predicted molar refractivity (Wildman–Crippen MR) is 57.8 cm³/mol. The van der Waals surface area contributed by atoms with Gasteiger partial charge in [-0.15, -0.1) is 0 Å². The maximum Gasteiger partial charge on any atom is 0.0790 e. The number of rotatable bonds is 3. The van der Waals surface area contributed by atoms with Crippen LogP contribution in [0.15, 0.2) is 0 Å². The lowest BCUT2D eigenvalue weighted by molar-refractivity contribution is -0.0523. The molecule has 2 rings (SSSR count). The van der Waals surface area contributed by atoms with E-state index in [1.165, 1.54) is 38.5 Å². The number of hydrogen-bond donors (Lipinski definition) is 1. The van der Waals surface area contributed by atoms with Crippen molar-refractivity contribution < 1.29 is 4.84 Å². The molecule has 0 aromatic carbocycles. The molecule has 2 fully saturated rings. The number of nitrogens with one attached hydrogen (secondary N) is 1. The van der Waals surface area contributed by atoms with Crippen LogP contribution in [0.5, 0.6) is 0 Å². The summed E-state index contributed by atoms with van der Waals surface area (Å²) in [5, 5.41) is 9.01. The van der Waals surface area contributed by atoms with Gasteiger partial charge in [-0.1, -0.05) is 25.7 Å². The van der Waals surface area contributed by atoms with Crippen molar-refractivity contribution in [3.8, 4) is 6.07 Å². The highest BCUT2D eigenvalue weighted by Gasteiger charge is 2.26. The molecule has 0 spiro atoms. The Morgan fingerprint density at radius 1 is 1.00 bits per heavy atom. The molecule has 2 saturated carbocycles. The molecule has 0 bridgehead atoms. The van der Waals surface area contributed by atoms with Crippen molar-refractivity contribution in [3.63, 3.8) is 0 Å². The zero-order valence-electron chi connectivity index (χ0n) is 9.24. The third-order valence-corrected chi connectivity index (χ3v) is 3.62. The standard InChI is InChI=1S/C12H20N2O/c13-9-10-5-1-4-8-12(10)14-15-11-6-2-3-7-11/h10-12,14H,1-8H2. The summed E-state index contributed by atoms with van der Waals surface area (Å²) in [6, 6.07) is 2.65. The smallest absolute Gasteiger partial charge is 0.0790 e. The molecule has 0 heterocycles. The second-order valence-electron chi connectivity index (χ2n) is 4.77. The second-order valence-corrected chi connectivity index (χ2v) is 4.77. The van der Waals surface area contributed by atoms with E-state index >= 15 is 0 Å². The van der Waals surface area contributed by atoms with E-state index in [-0.39, 0.29) is 12.0 Å². The van der Waals surface area contributed by atoms with E-state index < -0.39 is 0 Å². The van der Waals surface area contributed by atoms with Crippen molar-refractivity contribution in [2.24, 2.45) is 5.92 Å². The molecule has 0 radical (unpaired) electrons. The van der Waals surface area contributed by atoms with Crippen LogP contribution in [-0.4, -0.2) is 12.1 Å². The zero-order chi connectivity index (χ0) is 10.5. The number of hydroxylamine groups is 1. The van der Waals surface area contributed by atoms with Gasteiger partial charge in [-0.3, -0.25) is 4.84 Å². The van der Waals surface area contributed by atoms with E-state index in [1.54, 1.807) is 0 Å². The summed E-state index contributed by atoms with van der Waals surface area (Å²) in [4.78, 5) is 5.67. The first-order valence-corrected chi connectivity index (χ1v) is 6.21. The van der Waals surface area contributed by atoms with Gasteiger partial charge in [0, 0.05) is 6.04 Å². The summed E-state index contributed by atoms with van der Waals surface area (Å²) in [6.07, 6.45) is 9.87. The Kier molecular flexibility index (Phi) is 3.99. The first-order valence-electron chi connectivity index (χ1n) is 6.21. The van der Waals surface area contributed by atoms with E-state index in [9.17, 15) is 0 Å². The van der Waals surface area contributed by atoms with Crippen LogP contribution in [0.25, 0.3) is 0 Å². The Morgan fingerprint density at radius 2 is 1.67 bits per heavy atom. The number of nitrogens with zero attached hydrogens (tertiary/aromatic N) is 1. The minimum Gasteiger partial charge on any atom is -0.298 e. The molecule has 0 amide bonds. The van der Waals surface area contributed by atoms with Crippen molar-refractivity contribution in [1.82, 2.24) is 5.48 Å². The Hall–Kier alpha value is -0.590. The minimum atomic E-state index is 0.153. The van der Waals surface area contributed by atoms with Gasteiger partial charge in [0.25, 0.3) is 0 Å². The highest BCUT2D eigenvalue weighted by Crippen LogP contribution is 2.25. The van der Waals surface area contributed by atoms with Gasteiger partial charge in [0.15, 0.2) is 0 Å². The van der Waals surface area contributed by atoms with E-state index in [0.717, 1.165) is 12.8 Å². The van der Waals surface area contributed by atoms with Crippen molar-refractivity contribution in [1.29, 1.82) is 5.26 Å². The van der Waals surface area contributed by atoms with Crippen LogP contribution in [0, 0.1) is 17.2 Å². The van der Waals surface area contributed by atoms with Gasteiger partial charge in [-0.2, -0.15) is 10.7 Å². The lowest BCUT2D eigenvalue weighted by Crippen LogP contribution is -2.39. The lowest BCUT2D eigenvalue weighted by Gasteiger charge is -2.28. The fourth-order valence-corrected chi connectivity index (χ4v) is 2.62. The van der Waals surface area contributed by atoms with Gasteiger partial charge in [-0.05, 0) is 25.7 Å². The molecule has 3 heteroatoms. The molecule has 0 aromatic rings. The quantitative estimate of drug-likeness (QED) is 0.725. The maximum absolute atomic E-state index is 9.01. The first-order chi connectivity index (χ1) is 7.40. The van der Waals surface area contributed by atoms with E-state index in [2.05, 4.69) is 11.5 Å². The highest BCUT2D eigenvalue weighted by molar-refractivity contribution is 4.93. The molecule has 84 valence electrons. The normalized spacial score (nSPS) is 32.7. The van der Waals surface area contributed by atoms with Gasteiger partial charge in [0.2, 0.25) is 0 Å². The Labute approximate surface area is 91.8 Å². The molecule has 1 N–H and O–H groups in total. The Morgan fingerprint density at radius 3 is 2.40 bits per heavy atom. The van der Waals surface area contributed by atoms with E-state index in [4.69, 9.17) is 10.1 Å². The molecule has 0 aromatic heterocycles. The molecule has 2 aliphatic carbocycles. The summed E-state index contributed by atoms with van der Waals surface area (Å²) in [6.45, 7) is 0. The maximum atomic E-state index is 9.01. The van der Waals surface area contributed by atoms with Crippen LogP contribution in [0.2, 0.25) is 0 Å². The van der Waals surface area contributed by atoms with Crippen LogP contribution in [-0.2, 0) is 4.84 Å². The SMILES string of the molecule is N#CC1CCCCC1NOC1CCCC1. The topological polar surface area (TPSA) is 45.0 Å². The minimum absolute atomic E-state index is 0.153. The number of nitriles is 1. The van der Waals surface area contributed by atoms with Crippen molar-refractivity contribution in [2.75, 3.05) is 0 Å². The highest BCUT2D eigenvalue weighted by atomic mass is 16.7. The molecule has 2 unspecified atom stereocenters. The molecular weight excluding hydrogens is 188 g/mol. The van der Waals surface area contributed by atoms with Crippen LogP contribution in [0.3, 0.4) is 0 Å². The summed E-state index contributed by atoms with van der Waals surface area (Å²) in [7, 11) is 0. The molecule has 0 aliphatic heterocycles. The second kappa shape index (κ2) is 5.48. The summed E-state index contributed by atoms with van der Waals surface area (Å²) in [5.41, 5.74) is 3.14. The van der Waals surface area contributed by atoms with Crippen molar-refractivity contribution in [3.05, 3.63) is 0 Å².